The van der Waals surface area contributed by atoms with Gasteiger partial charge in [-0.15, -0.1) is 0 Å². The van der Waals surface area contributed by atoms with Gasteiger partial charge in [0.15, 0.2) is 11.5 Å². The van der Waals surface area contributed by atoms with Gasteiger partial charge in [0, 0.05) is 10.6 Å². The lowest BCUT2D eigenvalue weighted by Crippen LogP contribution is -2.39. The van der Waals surface area contributed by atoms with Crippen LogP contribution in [0.3, 0.4) is 0 Å². The third-order valence-electron chi connectivity index (χ3n) is 4.56. The van der Waals surface area contributed by atoms with E-state index in [-0.39, 0.29) is 0 Å². The molecule has 0 aliphatic heterocycles. The predicted molar refractivity (Wildman–Crippen MR) is 123 cm³/mol. The van der Waals surface area contributed by atoms with Crippen molar-refractivity contribution in [3.05, 3.63) is 52.5 Å². The standard InChI is InChI=1S/C21H26ClN3O5S/c1-6-17(15-10-11-19(29-3)20(12-15)30-4)23-24-21(26)13-25(31(5,27)28)18-9-7-8-16(22)14(18)2/h7-12H,6,13H2,1-5H3,(H,24,26)/b23-17+. The van der Waals surface area contributed by atoms with Crippen LogP contribution in [0.2, 0.25) is 5.02 Å². The van der Waals surface area contributed by atoms with Crippen molar-refractivity contribution in [2.75, 3.05) is 31.3 Å². The van der Waals surface area contributed by atoms with Crippen molar-refractivity contribution in [2.24, 2.45) is 5.10 Å². The smallest absolute Gasteiger partial charge is 0.260 e. The van der Waals surface area contributed by atoms with E-state index >= 15 is 0 Å². The lowest BCUT2D eigenvalue weighted by molar-refractivity contribution is -0.119. The van der Waals surface area contributed by atoms with Gasteiger partial charge in [0.05, 0.1) is 31.9 Å². The average Bonchev–Trinajstić information content (AvgIpc) is 2.73. The number of hydrogen-bond acceptors (Lipinski definition) is 6. The molecule has 0 heterocycles. The number of methoxy groups -OCH3 is 2. The Morgan fingerprint density at radius 2 is 1.84 bits per heavy atom. The minimum atomic E-state index is -3.73. The molecule has 0 spiro atoms. The van der Waals surface area contributed by atoms with E-state index in [1.165, 1.54) is 7.11 Å². The predicted octanol–water partition coefficient (Wildman–Crippen LogP) is 3.36. The Hall–Kier alpha value is -2.78. The van der Waals surface area contributed by atoms with Gasteiger partial charge in [0.25, 0.3) is 5.91 Å². The summed E-state index contributed by atoms with van der Waals surface area (Å²) >= 11 is 6.12. The zero-order valence-electron chi connectivity index (χ0n) is 18.1. The van der Waals surface area contributed by atoms with Crippen LogP contribution in [0.15, 0.2) is 41.5 Å². The molecule has 0 aliphatic rings. The van der Waals surface area contributed by atoms with Gasteiger partial charge in [-0.1, -0.05) is 24.6 Å². The fourth-order valence-electron chi connectivity index (χ4n) is 2.91. The quantitative estimate of drug-likeness (QED) is 0.450. The molecule has 10 heteroatoms. The van der Waals surface area contributed by atoms with Gasteiger partial charge in [-0.25, -0.2) is 13.8 Å². The first kappa shape index (κ1) is 24.5. The number of nitrogens with zero attached hydrogens (tertiary/aromatic N) is 2. The maximum atomic E-state index is 12.5. The fraction of sp³-hybridized carbons (Fsp3) is 0.333. The molecule has 0 radical (unpaired) electrons. The van der Waals surface area contributed by atoms with E-state index in [1.54, 1.807) is 50.4 Å². The molecule has 0 aromatic heterocycles. The molecule has 0 saturated carbocycles. The number of nitrogens with one attached hydrogen (secondary N) is 1. The Morgan fingerprint density at radius 1 is 1.16 bits per heavy atom. The first-order valence-corrected chi connectivity index (χ1v) is 11.7. The maximum absolute atomic E-state index is 12.5. The van der Waals surface area contributed by atoms with Crippen molar-refractivity contribution in [1.82, 2.24) is 5.43 Å². The second kappa shape index (κ2) is 10.5. The molecule has 1 amide bonds. The second-order valence-corrected chi connectivity index (χ2v) is 8.98. The molecule has 0 saturated heterocycles. The molecule has 168 valence electrons. The SMILES string of the molecule is CC/C(=N\NC(=O)CN(c1cccc(Cl)c1C)S(C)(=O)=O)c1ccc(OC)c(OC)c1. The van der Waals surface area contributed by atoms with Gasteiger partial charge in [0.2, 0.25) is 10.0 Å². The van der Waals surface area contributed by atoms with Crippen LogP contribution < -0.4 is 19.2 Å². The fourth-order valence-corrected chi connectivity index (χ4v) is 3.98. The highest BCUT2D eigenvalue weighted by Gasteiger charge is 2.23. The van der Waals surface area contributed by atoms with Crippen LogP contribution in [0.5, 0.6) is 11.5 Å². The maximum Gasteiger partial charge on any atom is 0.260 e. The van der Waals surface area contributed by atoms with E-state index < -0.39 is 22.5 Å². The Bertz CT molecular complexity index is 1090. The van der Waals surface area contributed by atoms with Crippen LogP contribution in [-0.2, 0) is 14.8 Å². The summed E-state index contributed by atoms with van der Waals surface area (Å²) in [6.45, 7) is 3.14. The number of sulfonamides is 1. The summed E-state index contributed by atoms with van der Waals surface area (Å²) in [7, 11) is -0.655. The monoisotopic (exact) mass is 467 g/mol. The summed E-state index contributed by atoms with van der Waals surface area (Å²) in [5, 5.41) is 4.59. The third kappa shape index (κ3) is 6.11. The van der Waals surface area contributed by atoms with E-state index in [1.807, 2.05) is 6.92 Å². The van der Waals surface area contributed by atoms with E-state index in [0.717, 1.165) is 16.1 Å². The van der Waals surface area contributed by atoms with E-state index in [4.69, 9.17) is 21.1 Å². The van der Waals surface area contributed by atoms with Crippen LogP contribution >= 0.6 is 11.6 Å². The number of carbonyl (C=O) groups is 1. The number of benzene rings is 2. The first-order valence-electron chi connectivity index (χ1n) is 9.43. The Balaban J connectivity index is 2.26. The molecule has 1 N–H and O–H groups in total. The molecule has 0 fully saturated rings. The highest BCUT2D eigenvalue weighted by Crippen LogP contribution is 2.29. The number of carbonyl (C=O) groups excluding carboxylic acids is 1. The van der Waals surface area contributed by atoms with Gasteiger partial charge < -0.3 is 9.47 Å². The van der Waals surface area contributed by atoms with Crippen molar-refractivity contribution in [2.45, 2.75) is 20.3 Å². The molecule has 0 aliphatic carbocycles. The molecule has 2 aromatic carbocycles. The van der Waals surface area contributed by atoms with Gasteiger partial charge >= 0.3 is 0 Å². The zero-order chi connectivity index (χ0) is 23.2. The lowest BCUT2D eigenvalue weighted by Gasteiger charge is -2.23. The number of halogens is 1. The molecule has 2 aromatic rings. The van der Waals surface area contributed by atoms with Crippen molar-refractivity contribution in [3.63, 3.8) is 0 Å². The minimum absolute atomic E-state index is 0.338. The molecule has 2 rings (SSSR count). The number of rotatable bonds is 9. The summed E-state index contributed by atoms with van der Waals surface area (Å²) in [6.07, 6.45) is 1.56. The van der Waals surface area contributed by atoms with Crippen LogP contribution in [0.4, 0.5) is 5.69 Å². The van der Waals surface area contributed by atoms with Crippen molar-refractivity contribution in [1.29, 1.82) is 0 Å². The largest absolute Gasteiger partial charge is 0.493 e. The Morgan fingerprint density at radius 3 is 2.42 bits per heavy atom. The molecule has 0 atom stereocenters. The van der Waals surface area contributed by atoms with Crippen LogP contribution in [0, 0.1) is 6.92 Å². The van der Waals surface area contributed by atoms with Gasteiger partial charge in [-0.3, -0.25) is 9.10 Å². The summed E-state index contributed by atoms with van der Waals surface area (Å²) in [5.41, 5.74) is 4.68. The zero-order valence-corrected chi connectivity index (χ0v) is 19.7. The Labute approximate surface area is 187 Å². The van der Waals surface area contributed by atoms with Crippen LogP contribution in [0.25, 0.3) is 0 Å². The molecule has 8 nitrogen and oxygen atoms in total. The van der Waals surface area contributed by atoms with Crippen molar-refractivity contribution < 1.29 is 22.7 Å². The highest BCUT2D eigenvalue weighted by molar-refractivity contribution is 7.92. The highest BCUT2D eigenvalue weighted by atomic mass is 35.5. The van der Waals surface area contributed by atoms with Crippen LogP contribution in [-0.4, -0.2) is 47.1 Å². The molecular formula is C21H26ClN3O5S. The van der Waals surface area contributed by atoms with Gasteiger partial charge in [-0.2, -0.15) is 5.10 Å². The first-order chi connectivity index (χ1) is 14.6. The topological polar surface area (TPSA) is 97.3 Å². The molecule has 31 heavy (non-hydrogen) atoms. The molecule has 0 bridgehead atoms. The number of ether oxygens (including phenoxy) is 2. The number of hydrazone groups is 1. The third-order valence-corrected chi connectivity index (χ3v) is 6.10. The lowest BCUT2D eigenvalue weighted by atomic mass is 10.1. The van der Waals surface area contributed by atoms with E-state index in [2.05, 4.69) is 10.5 Å². The average molecular weight is 468 g/mol. The summed E-state index contributed by atoms with van der Waals surface area (Å²) in [4.78, 5) is 12.5. The van der Waals surface area contributed by atoms with Gasteiger partial charge in [0.1, 0.15) is 6.54 Å². The summed E-state index contributed by atoms with van der Waals surface area (Å²) < 4.78 is 36.2. The Kier molecular flexibility index (Phi) is 8.29. The van der Waals surface area contributed by atoms with Crippen LogP contribution in [0.1, 0.15) is 24.5 Å². The number of anilines is 1. The summed E-state index contributed by atoms with van der Waals surface area (Å²) in [5.74, 6) is 0.523. The number of amides is 1. The van der Waals surface area contributed by atoms with Crippen molar-refractivity contribution >= 4 is 38.9 Å². The molecule has 0 unspecified atom stereocenters. The molecular weight excluding hydrogens is 442 g/mol. The second-order valence-electron chi connectivity index (χ2n) is 6.67. The normalized spacial score (nSPS) is 11.7. The minimum Gasteiger partial charge on any atom is -0.493 e. The van der Waals surface area contributed by atoms with Crippen molar-refractivity contribution in [3.8, 4) is 11.5 Å². The number of hydrogen-bond donors (Lipinski definition) is 1. The van der Waals surface area contributed by atoms with E-state index in [0.29, 0.717) is 39.9 Å². The van der Waals surface area contributed by atoms with Gasteiger partial charge in [-0.05, 0) is 49.2 Å². The summed E-state index contributed by atoms with van der Waals surface area (Å²) in [6, 6.07) is 10.2. The van der Waals surface area contributed by atoms with E-state index in [9.17, 15) is 13.2 Å².